The molecular formula is C16H22N4O4. The van der Waals surface area contributed by atoms with Crippen molar-refractivity contribution in [2.45, 2.75) is 18.9 Å². The number of hydrogen-bond acceptors (Lipinski definition) is 6. The quantitative estimate of drug-likeness (QED) is 0.608. The Bertz CT molecular complexity index is 646. The highest BCUT2D eigenvalue weighted by Crippen LogP contribution is 2.32. The van der Waals surface area contributed by atoms with E-state index in [1.54, 1.807) is 6.20 Å². The lowest BCUT2D eigenvalue weighted by Crippen LogP contribution is -2.32. The second-order valence-corrected chi connectivity index (χ2v) is 5.27. The number of likely N-dealkylation sites (N-methyl/N-ethyl adjacent to an activating group) is 1. The summed E-state index contributed by atoms with van der Waals surface area (Å²) in [5.41, 5.74) is 7.27. The van der Waals surface area contributed by atoms with Crippen LogP contribution in [0.25, 0.3) is 0 Å². The van der Waals surface area contributed by atoms with Crippen molar-refractivity contribution < 1.29 is 19.4 Å². The van der Waals surface area contributed by atoms with E-state index in [1.807, 2.05) is 19.2 Å². The molecule has 0 bridgehead atoms. The number of carboxylic acid groups (broad SMARTS) is 1. The summed E-state index contributed by atoms with van der Waals surface area (Å²) in [5.74, 6) is 0.724. The summed E-state index contributed by atoms with van der Waals surface area (Å²) in [4.78, 5) is 16.8. The van der Waals surface area contributed by atoms with Crippen molar-refractivity contribution >= 4 is 5.97 Å². The van der Waals surface area contributed by atoms with Gasteiger partial charge in [-0.2, -0.15) is 0 Å². The van der Waals surface area contributed by atoms with E-state index in [-0.39, 0.29) is 6.42 Å². The Labute approximate surface area is 140 Å². The van der Waals surface area contributed by atoms with Crippen molar-refractivity contribution in [3.63, 3.8) is 0 Å². The Morgan fingerprint density at radius 3 is 2.92 bits per heavy atom. The molecule has 3 rings (SSSR count). The Morgan fingerprint density at radius 1 is 1.46 bits per heavy atom. The van der Waals surface area contributed by atoms with E-state index in [2.05, 4.69) is 21.4 Å². The molecule has 8 nitrogen and oxygen atoms in total. The van der Waals surface area contributed by atoms with Crippen LogP contribution in [0.3, 0.4) is 0 Å². The second-order valence-electron chi connectivity index (χ2n) is 5.27. The first-order valence-electron chi connectivity index (χ1n) is 7.59. The number of carboxylic acids is 1. The lowest BCUT2D eigenvalue weighted by atomic mass is 10.1. The van der Waals surface area contributed by atoms with Gasteiger partial charge in [-0.05, 0) is 37.7 Å². The average molecular weight is 334 g/mol. The van der Waals surface area contributed by atoms with Gasteiger partial charge in [0.25, 0.3) is 0 Å². The van der Waals surface area contributed by atoms with E-state index in [1.165, 1.54) is 11.9 Å². The van der Waals surface area contributed by atoms with Gasteiger partial charge in [0.2, 0.25) is 6.79 Å². The molecule has 0 spiro atoms. The molecule has 0 saturated carbocycles. The number of nitrogens with zero attached hydrogens (tertiary/aromatic N) is 1. The summed E-state index contributed by atoms with van der Waals surface area (Å²) in [7, 11) is 1.95. The second kappa shape index (κ2) is 8.90. The van der Waals surface area contributed by atoms with Crippen LogP contribution in [0.4, 0.5) is 0 Å². The van der Waals surface area contributed by atoms with Crippen LogP contribution in [0.1, 0.15) is 11.3 Å². The van der Waals surface area contributed by atoms with Crippen molar-refractivity contribution in [1.29, 1.82) is 0 Å². The molecule has 2 heterocycles. The van der Waals surface area contributed by atoms with Gasteiger partial charge in [0, 0.05) is 18.3 Å². The van der Waals surface area contributed by atoms with Crippen LogP contribution in [-0.2, 0) is 17.6 Å². The van der Waals surface area contributed by atoms with Gasteiger partial charge in [0.05, 0.1) is 6.33 Å². The highest BCUT2D eigenvalue weighted by Gasteiger charge is 2.13. The molecule has 1 aromatic carbocycles. The van der Waals surface area contributed by atoms with Gasteiger partial charge < -0.3 is 30.6 Å². The number of aromatic amines is 1. The smallest absolute Gasteiger partial charge is 0.320 e. The van der Waals surface area contributed by atoms with E-state index < -0.39 is 12.0 Å². The van der Waals surface area contributed by atoms with Gasteiger partial charge in [0.1, 0.15) is 6.04 Å². The van der Waals surface area contributed by atoms with Gasteiger partial charge in [-0.15, -0.1) is 0 Å². The maximum absolute atomic E-state index is 10.3. The SMILES string of the molecule is CNCCc1ccc2c(c1)OCO2.N[C@@H](Cc1cnc[nH]1)C(=O)O. The zero-order valence-electron chi connectivity index (χ0n) is 13.5. The lowest BCUT2D eigenvalue weighted by molar-refractivity contribution is -0.138. The normalized spacial score (nSPS) is 13.1. The third-order valence-corrected chi connectivity index (χ3v) is 3.41. The molecule has 1 atom stereocenters. The number of fused-ring (bicyclic) bond motifs is 1. The minimum absolute atomic E-state index is 0.287. The number of rotatable bonds is 6. The zero-order chi connectivity index (χ0) is 17.4. The topological polar surface area (TPSA) is 122 Å². The van der Waals surface area contributed by atoms with Crippen LogP contribution in [0.2, 0.25) is 0 Å². The number of aromatic nitrogens is 2. The van der Waals surface area contributed by atoms with E-state index in [0.717, 1.165) is 30.2 Å². The van der Waals surface area contributed by atoms with Crippen LogP contribution in [0, 0.1) is 0 Å². The summed E-state index contributed by atoms with van der Waals surface area (Å²) >= 11 is 0. The maximum Gasteiger partial charge on any atom is 0.320 e. The van der Waals surface area contributed by atoms with Gasteiger partial charge in [0.15, 0.2) is 11.5 Å². The highest BCUT2D eigenvalue weighted by atomic mass is 16.7. The standard InChI is InChI=1S/C10H13NO2.C6H9N3O2/c1-11-5-4-8-2-3-9-10(6-8)13-7-12-9;7-5(6(10)11)1-4-2-8-3-9-4/h2-3,6,11H,4-5,7H2,1H3;2-3,5H,1,7H2,(H,8,9)(H,10,11)/t;5-/m.0/s1. The monoisotopic (exact) mass is 334 g/mol. The van der Waals surface area contributed by atoms with Crippen LogP contribution in [-0.4, -0.2) is 47.5 Å². The molecule has 24 heavy (non-hydrogen) atoms. The van der Waals surface area contributed by atoms with Gasteiger partial charge in [-0.3, -0.25) is 4.79 Å². The van der Waals surface area contributed by atoms with E-state index >= 15 is 0 Å². The van der Waals surface area contributed by atoms with Crippen LogP contribution >= 0.6 is 0 Å². The lowest BCUT2D eigenvalue weighted by Gasteiger charge is -2.02. The number of H-pyrrole nitrogens is 1. The third kappa shape index (κ3) is 5.25. The highest BCUT2D eigenvalue weighted by molar-refractivity contribution is 5.73. The molecule has 0 saturated heterocycles. The Morgan fingerprint density at radius 2 is 2.25 bits per heavy atom. The molecule has 0 fully saturated rings. The summed E-state index contributed by atoms with van der Waals surface area (Å²) in [6, 6.07) is 5.23. The number of benzene rings is 1. The molecule has 0 radical (unpaired) electrons. The van der Waals surface area contributed by atoms with E-state index in [9.17, 15) is 4.79 Å². The van der Waals surface area contributed by atoms with Crippen molar-refractivity contribution in [3.05, 3.63) is 42.0 Å². The zero-order valence-corrected chi connectivity index (χ0v) is 13.5. The van der Waals surface area contributed by atoms with Crippen molar-refractivity contribution in [2.75, 3.05) is 20.4 Å². The fraction of sp³-hybridized carbons (Fsp3) is 0.375. The number of hydrogen-bond donors (Lipinski definition) is 4. The molecule has 2 aromatic rings. The largest absolute Gasteiger partial charge is 0.480 e. The summed E-state index contributed by atoms with van der Waals surface area (Å²) in [6.07, 6.45) is 4.36. The first kappa shape index (κ1) is 17.8. The molecule has 8 heteroatoms. The fourth-order valence-corrected chi connectivity index (χ4v) is 2.09. The maximum atomic E-state index is 10.3. The summed E-state index contributed by atoms with van der Waals surface area (Å²) in [6.45, 7) is 1.34. The summed E-state index contributed by atoms with van der Waals surface area (Å²) < 4.78 is 10.5. The number of nitrogens with two attached hydrogens (primary N) is 1. The molecule has 130 valence electrons. The fourth-order valence-electron chi connectivity index (χ4n) is 2.09. The number of nitrogens with one attached hydrogen (secondary N) is 2. The molecule has 0 aliphatic carbocycles. The first-order valence-corrected chi connectivity index (χ1v) is 7.59. The number of imidazole rings is 1. The molecule has 1 aliphatic heterocycles. The van der Waals surface area contributed by atoms with E-state index in [4.69, 9.17) is 20.3 Å². The minimum atomic E-state index is -1.00. The van der Waals surface area contributed by atoms with Crippen molar-refractivity contribution in [3.8, 4) is 11.5 Å². The van der Waals surface area contributed by atoms with Gasteiger partial charge in [-0.1, -0.05) is 6.07 Å². The van der Waals surface area contributed by atoms with Gasteiger partial charge in [-0.25, -0.2) is 4.98 Å². The van der Waals surface area contributed by atoms with Crippen LogP contribution in [0.5, 0.6) is 11.5 Å². The predicted octanol–water partition coefficient (Wildman–Crippen LogP) is 0.541. The predicted molar refractivity (Wildman–Crippen MR) is 88.1 cm³/mol. The number of ether oxygens (including phenoxy) is 2. The van der Waals surface area contributed by atoms with E-state index in [0.29, 0.717) is 6.79 Å². The minimum Gasteiger partial charge on any atom is -0.480 e. The van der Waals surface area contributed by atoms with Crippen molar-refractivity contribution in [1.82, 2.24) is 15.3 Å². The molecular weight excluding hydrogens is 312 g/mol. The number of carbonyl (C=O) groups is 1. The Kier molecular flexibility index (Phi) is 6.59. The Hall–Kier alpha value is -2.58. The van der Waals surface area contributed by atoms with Crippen LogP contribution < -0.4 is 20.5 Å². The molecule has 5 N–H and O–H groups in total. The molecule has 0 amide bonds. The van der Waals surface area contributed by atoms with Crippen LogP contribution in [0.15, 0.2) is 30.7 Å². The first-order chi connectivity index (χ1) is 11.6. The third-order valence-electron chi connectivity index (χ3n) is 3.41. The molecule has 1 aliphatic rings. The Balaban J connectivity index is 0.000000177. The van der Waals surface area contributed by atoms with Gasteiger partial charge >= 0.3 is 5.97 Å². The summed E-state index contributed by atoms with van der Waals surface area (Å²) in [5, 5.41) is 11.5. The average Bonchev–Trinajstić information content (AvgIpc) is 3.24. The number of aliphatic carboxylic acids is 1. The van der Waals surface area contributed by atoms with Crippen molar-refractivity contribution in [2.24, 2.45) is 5.73 Å². The molecule has 0 unspecified atom stereocenters. The molecule has 1 aromatic heterocycles.